The second-order valence-corrected chi connectivity index (χ2v) is 6.48. The second kappa shape index (κ2) is 8.57. The SMILES string of the molecule is COc1cc([N+](=O)[O-])ccc1NC(=O)c1ccc(=O)n(Cc2ccccc2Cl)c1. The molecule has 1 heterocycles. The van der Waals surface area contributed by atoms with Crippen molar-refractivity contribution >= 4 is 28.9 Å². The number of nitro groups is 1. The Morgan fingerprint density at radius 2 is 1.97 bits per heavy atom. The van der Waals surface area contributed by atoms with Crippen molar-refractivity contribution in [3.8, 4) is 5.75 Å². The number of nitro benzene ring substituents is 1. The standard InChI is InChI=1S/C20H16ClN3O5/c1-29-18-10-15(24(27)28)7-8-17(18)22-20(26)14-6-9-19(25)23(12-14)11-13-4-2-3-5-16(13)21/h2-10,12H,11H2,1H3,(H,22,26). The summed E-state index contributed by atoms with van der Waals surface area (Å²) in [4.78, 5) is 35.1. The number of aromatic nitrogens is 1. The largest absolute Gasteiger partial charge is 0.494 e. The van der Waals surface area contributed by atoms with Crippen molar-refractivity contribution in [2.75, 3.05) is 12.4 Å². The van der Waals surface area contributed by atoms with Crippen LogP contribution in [-0.4, -0.2) is 22.5 Å². The third-order valence-electron chi connectivity index (χ3n) is 4.19. The molecule has 0 aliphatic rings. The number of non-ortho nitro benzene ring substituents is 1. The van der Waals surface area contributed by atoms with Crippen LogP contribution < -0.4 is 15.6 Å². The van der Waals surface area contributed by atoms with Crippen LogP contribution in [-0.2, 0) is 6.54 Å². The molecule has 0 atom stereocenters. The zero-order valence-corrected chi connectivity index (χ0v) is 16.1. The van der Waals surface area contributed by atoms with Crippen molar-refractivity contribution in [2.45, 2.75) is 6.54 Å². The monoisotopic (exact) mass is 413 g/mol. The quantitative estimate of drug-likeness (QED) is 0.490. The number of rotatable bonds is 6. The number of amides is 1. The Labute approximate surface area is 170 Å². The van der Waals surface area contributed by atoms with Crippen LogP contribution in [0.4, 0.5) is 11.4 Å². The third-order valence-corrected chi connectivity index (χ3v) is 4.56. The summed E-state index contributed by atoms with van der Waals surface area (Å²) in [5.74, 6) is -0.345. The number of benzene rings is 2. The van der Waals surface area contributed by atoms with E-state index in [1.54, 1.807) is 18.2 Å². The van der Waals surface area contributed by atoms with Gasteiger partial charge >= 0.3 is 0 Å². The first-order valence-corrected chi connectivity index (χ1v) is 8.84. The van der Waals surface area contributed by atoms with Crippen LogP contribution in [0.2, 0.25) is 5.02 Å². The molecule has 0 aliphatic carbocycles. The van der Waals surface area contributed by atoms with Gasteiger partial charge in [0.2, 0.25) is 0 Å². The van der Waals surface area contributed by atoms with Gasteiger partial charge in [0, 0.05) is 23.4 Å². The molecule has 0 bridgehead atoms. The molecule has 3 aromatic rings. The van der Waals surface area contributed by atoms with Crippen molar-refractivity contribution in [1.82, 2.24) is 4.57 Å². The molecule has 3 rings (SSSR count). The van der Waals surface area contributed by atoms with Crippen molar-refractivity contribution < 1.29 is 14.5 Å². The minimum absolute atomic E-state index is 0.150. The molecule has 148 valence electrons. The summed E-state index contributed by atoms with van der Waals surface area (Å²) in [6.07, 6.45) is 1.43. The van der Waals surface area contributed by atoms with Gasteiger partial charge in [-0.3, -0.25) is 19.7 Å². The molecule has 1 aromatic heterocycles. The maximum Gasteiger partial charge on any atom is 0.273 e. The van der Waals surface area contributed by atoms with Crippen molar-refractivity contribution in [1.29, 1.82) is 0 Å². The lowest BCUT2D eigenvalue weighted by molar-refractivity contribution is -0.384. The van der Waals surface area contributed by atoms with E-state index in [0.717, 1.165) is 5.56 Å². The molecule has 29 heavy (non-hydrogen) atoms. The highest BCUT2D eigenvalue weighted by molar-refractivity contribution is 6.31. The van der Waals surface area contributed by atoms with Crippen molar-refractivity contribution in [3.05, 3.63) is 97.4 Å². The van der Waals surface area contributed by atoms with Gasteiger partial charge in [-0.15, -0.1) is 0 Å². The summed E-state index contributed by atoms with van der Waals surface area (Å²) < 4.78 is 6.50. The molecule has 0 aliphatic heterocycles. The Bertz CT molecular complexity index is 1140. The summed E-state index contributed by atoms with van der Waals surface area (Å²) in [5, 5.41) is 14.0. The van der Waals surface area contributed by atoms with Gasteiger partial charge in [0.25, 0.3) is 17.2 Å². The molecule has 0 fully saturated rings. The molecule has 1 N–H and O–H groups in total. The predicted molar refractivity (Wildman–Crippen MR) is 109 cm³/mol. The first-order valence-electron chi connectivity index (χ1n) is 8.46. The highest BCUT2D eigenvalue weighted by atomic mass is 35.5. The molecule has 0 spiro atoms. The van der Waals surface area contributed by atoms with Gasteiger partial charge in [-0.05, 0) is 23.8 Å². The molecule has 8 nitrogen and oxygen atoms in total. The lowest BCUT2D eigenvalue weighted by atomic mass is 10.2. The highest BCUT2D eigenvalue weighted by Gasteiger charge is 2.15. The van der Waals surface area contributed by atoms with Gasteiger partial charge < -0.3 is 14.6 Å². The molecule has 1 amide bonds. The number of anilines is 1. The normalized spacial score (nSPS) is 10.4. The van der Waals surface area contributed by atoms with Gasteiger partial charge in [0.05, 0.1) is 35.9 Å². The number of ether oxygens (including phenoxy) is 1. The van der Waals surface area contributed by atoms with Gasteiger partial charge in [-0.25, -0.2) is 0 Å². The molecule has 0 saturated heterocycles. The zero-order valence-electron chi connectivity index (χ0n) is 15.3. The van der Waals surface area contributed by atoms with E-state index in [-0.39, 0.29) is 34.8 Å². The minimum atomic E-state index is -0.557. The van der Waals surface area contributed by atoms with Crippen LogP contribution in [0.5, 0.6) is 5.75 Å². The molecule has 0 unspecified atom stereocenters. The molecule has 0 radical (unpaired) electrons. The molecule has 2 aromatic carbocycles. The Morgan fingerprint density at radius 1 is 1.21 bits per heavy atom. The van der Waals surface area contributed by atoms with Crippen molar-refractivity contribution in [2.24, 2.45) is 0 Å². The fourth-order valence-electron chi connectivity index (χ4n) is 2.69. The van der Waals surface area contributed by atoms with Gasteiger partial charge in [0.1, 0.15) is 5.75 Å². The number of methoxy groups -OCH3 is 1. The molecule has 9 heteroatoms. The lowest BCUT2D eigenvalue weighted by Gasteiger charge is -2.12. The highest BCUT2D eigenvalue weighted by Crippen LogP contribution is 2.29. The molecular formula is C20H16ClN3O5. The minimum Gasteiger partial charge on any atom is -0.494 e. The first kappa shape index (κ1) is 20.1. The summed E-state index contributed by atoms with van der Waals surface area (Å²) in [7, 11) is 1.35. The van der Waals surface area contributed by atoms with Crippen LogP contribution >= 0.6 is 11.6 Å². The third kappa shape index (κ3) is 4.61. The van der Waals surface area contributed by atoms with Crippen LogP contribution in [0.25, 0.3) is 0 Å². The van der Waals surface area contributed by atoms with E-state index in [0.29, 0.717) is 5.02 Å². The lowest BCUT2D eigenvalue weighted by Crippen LogP contribution is -2.22. The summed E-state index contributed by atoms with van der Waals surface area (Å²) in [6, 6.07) is 13.7. The Morgan fingerprint density at radius 3 is 2.66 bits per heavy atom. The smallest absolute Gasteiger partial charge is 0.273 e. The molecular weight excluding hydrogens is 398 g/mol. The van der Waals surface area contributed by atoms with E-state index in [1.807, 2.05) is 6.07 Å². The summed E-state index contributed by atoms with van der Waals surface area (Å²) in [5.41, 5.74) is 0.803. The van der Waals surface area contributed by atoms with Crippen LogP contribution in [0.1, 0.15) is 15.9 Å². The number of nitrogens with one attached hydrogen (secondary N) is 1. The predicted octanol–water partition coefficient (Wildman–Crippen LogP) is 3.72. The number of carbonyl (C=O) groups excluding carboxylic acids is 1. The fourth-order valence-corrected chi connectivity index (χ4v) is 2.89. The van der Waals surface area contributed by atoms with Gasteiger partial charge in [0.15, 0.2) is 0 Å². The maximum atomic E-state index is 12.6. The maximum absolute atomic E-state index is 12.6. The summed E-state index contributed by atoms with van der Waals surface area (Å²) in [6.45, 7) is 0.209. The number of halogens is 1. The number of hydrogen-bond donors (Lipinski definition) is 1. The summed E-state index contributed by atoms with van der Waals surface area (Å²) >= 11 is 6.15. The fraction of sp³-hybridized carbons (Fsp3) is 0.100. The topological polar surface area (TPSA) is 103 Å². The molecule has 0 saturated carbocycles. The second-order valence-electron chi connectivity index (χ2n) is 6.07. The Kier molecular flexibility index (Phi) is 5.94. The Hall–Kier alpha value is -3.65. The van der Waals surface area contributed by atoms with E-state index in [2.05, 4.69) is 5.32 Å². The number of hydrogen-bond acceptors (Lipinski definition) is 5. The van der Waals surface area contributed by atoms with E-state index in [9.17, 15) is 19.7 Å². The van der Waals surface area contributed by atoms with Crippen LogP contribution in [0.15, 0.2) is 65.6 Å². The number of pyridine rings is 1. The van der Waals surface area contributed by atoms with Gasteiger partial charge in [-0.1, -0.05) is 29.8 Å². The number of carbonyl (C=O) groups is 1. The van der Waals surface area contributed by atoms with Crippen LogP contribution in [0, 0.1) is 10.1 Å². The number of nitrogens with zero attached hydrogens (tertiary/aromatic N) is 2. The van der Waals surface area contributed by atoms with Crippen LogP contribution in [0.3, 0.4) is 0 Å². The average molecular weight is 414 g/mol. The average Bonchev–Trinajstić information content (AvgIpc) is 2.71. The van der Waals surface area contributed by atoms with E-state index >= 15 is 0 Å². The van der Waals surface area contributed by atoms with E-state index < -0.39 is 10.8 Å². The first-order chi connectivity index (χ1) is 13.9. The van der Waals surface area contributed by atoms with Gasteiger partial charge in [-0.2, -0.15) is 0 Å². The van der Waals surface area contributed by atoms with Crippen molar-refractivity contribution in [3.63, 3.8) is 0 Å². The van der Waals surface area contributed by atoms with E-state index in [4.69, 9.17) is 16.3 Å². The zero-order chi connectivity index (χ0) is 21.0. The Balaban J connectivity index is 1.86. The van der Waals surface area contributed by atoms with E-state index in [1.165, 1.54) is 48.2 Å².